The predicted molar refractivity (Wildman–Crippen MR) is 276 cm³/mol. The van der Waals surface area contributed by atoms with E-state index in [1.54, 1.807) is 0 Å². The van der Waals surface area contributed by atoms with Gasteiger partial charge in [-0.25, -0.2) is 0 Å². The van der Waals surface area contributed by atoms with Crippen LogP contribution < -0.4 is 26.4 Å². The van der Waals surface area contributed by atoms with Gasteiger partial charge in [-0.15, -0.1) is 0 Å². The van der Waals surface area contributed by atoms with Crippen LogP contribution in [0.1, 0.15) is 90.1 Å². The van der Waals surface area contributed by atoms with Crippen molar-refractivity contribution in [1.82, 2.24) is 0 Å². The van der Waals surface area contributed by atoms with Gasteiger partial charge in [-0.2, -0.15) is 0 Å². The van der Waals surface area contributed by atoms with Crippen LogP contribution in [-0.2, 0) is 16.2 Å². The summed E-state index contributed by atoms with van der Waals surface area (Å²) in [5.41, 5.74) is 23.0. The quantitative estimate of drug-likeness (QED) is 0.165. The second-order valence-corrected chi connectivity index (χ2v) is 21.6. The van der Waals surface area contributed by atoms with Crippen molar-refractivity contribution in [2.75, 3.05) is 9.80 Å². The Hall–Kier alpha value is -6.72. The first kappa shape index (κ1) is 41.0. The molecule has 4 nitrogen and oxygen atoms in total. The zero-order chi connectivity index (χ0) is 45.3. The molecule has 11 rings (SSSR count). The van der Waals surface area contributed by atoms with Crippen molar-refractivity contribution < 1.29 is 8.83 Å². The van der Waals surface area contributed by atoms with Gasteiger partial charge in [-0.05, 0) is 128 Å². The van der Waals surface area contributed by atoms with Gasteiger partial charge in [0, 0.05) is 39.0 Å². The van der Waals surface area contributed by atoms with Crippen LogP contribution in [0.2, 0.25) is 0 Å². The van der Waals surface area contributed by atoms with Crippen LogP contribution in [-0.4, -0.2) is 6.71 Å². The predicted octanol–water partition coefficient (Wildman–Crippen LogP) is 15.1. The molecule has 0 amide bonds. The maximum absolute atomic E-state index is 7.35. The Morgan fingerprint density at radius 3 is 1.80 bits per heavy atom. The topological polar surface area (TPSA) is 32.8 Å². The average molecular weight is 849 g/mol. The number of fused-ring (bicyclic) bond motifs is 7. The van der Waals surface area contributed by atoms with E-state index in [0.29, 0.717) is 0 Å². The molecule has 0 bridgehead atoms. The number of anilines is 6. The highest BCUT2D eigenvalue weighted by Crippen LogP contribution is 2.51. The van der Waals surface area contributed by atoms with Crippen LogP contribution >= 0.6 is 0 Å². The number of aryl methyl sites for hydroxylation is 2. The first-order chi connectivity index (χ1) is 31.0. The van der Waals surface area contributed by atoms with E-state index in [0.717, 1.165) is 61.5 Å². The molecular weight excluding hydrogens is 791 g/mol. The van der Waals surface area contributed by atoms with E-state index in [1.165, 1.54) is 61.2 Å². The maximum atomic E-state index is 7.35. The number of para-hydroxylation sites is 1. The molecule has 0 unspecified atom stereocenters. The largest absolute Gasteiger partial charge is 0.468 e. The number of hydrogen-bond acceptors (Lipinski definition) is 4. The molecule has 2 aliphatic heterocycles. The minimum absolute atomic E-state index is 0.00682. The number of rotatable bonds is 4. The van der Waals surface area contributed by atoms with E-state index in [2.05, 4.69) is 213 Å². The van der Waals surface area contributed by atoms with E-state index in [4.69, 9.17) is 8.83 Å². The van der Waals surface area contributed by atoms with Crippen LogP contribution in [0.4, 0.5) is 34.1 Å². The molecule has 0 saturated heterocycles. The van der Waals surface area contributed by atoms with Gasteiger partial charge in [0.1, 0.15) is 11.2 Å². The molecule has 0 spiro atoms. The highest BCUT2D eigenvalue weighted by Gasteiger charge is 2.47. The van der Waals surface area contributed by atoms with Gasteiger partial charge in [0.05, 0.1) is 29.0 Å². The summed E-state index contributed by atoms with van der Waals surface area (Å²) in [5, 5.41) is 2.24. The Morgan fingerprint density at radius 2 is 1.09 bits per heavy atom. The number of nitrogens with zero attached hydrogens (tertiary/aromatic N) is 2. The Bertz CT molecular complexity index is 3340. The normalized spacial score (nSPS) is 13.7. The van der Waals surface area contributed by atoms with Gasteiger partial charge in [0.2, 0.25) is 0 Å². The highest BCUT2D eigenvalue weighted by atomic mass is 16.3. The summed E-state index contributed by atoms with van der Waals surface area (Å²) in [6.45, 7) is 25.1. The standard InChI is InChI=1S/C60H57BN2O2/c1-36-30-42(60(9,10)11)31-37(2)55(36)63-50-22-17-21-49-54(50)61(57-56(63)45-34-41(59(6,7)8)26-29-53(45)65-57)47-27-24-39(46-35-64-52-23-16-15-20-43(46)52)32-51(47)62(49)48-28-25-40(58(3,4)5)33-44(48)38-18-13-12-14-19-38/h12-35H,1-11H3. The molecule has 0 aliphatic carbocycles. The lowest BCUT2D eigenvalue weighted by Gasteiger charge is -2.43. The minimum atomic E-state index is -0.178. The molecule has 0 saturated carbocycles. The molecule has 65 heavy (non-hydrogen) atoms. The number of benzene rings is 7. The molecule has 322 valence electrons. The van der Waals surface area contributed by atoms with Crippen molar-refractivity contribution in [2.45, 2.75) is 92.4 Å². The second kappa shape index (κ2) is 14.4. The van der Waals surface area contributed by atoms with Crippen molar-refractivity contribution in [3.05, 3.63) is 174 Å². The number of furan rings is 2. The number of hydrogen-bond donors (Lipinski definition) is 0. The van der Waals surface area contributed by atoms with Crippen LogP contribution in [0.5, 0.6) is 0 Å². The Kier molecular flexibility index (Phi) is 9.08. The molecule has 0 radical (unpaired) electrons. The lowest BCUT2D eigenvalue weighted by molar-refractivity contribution is 0.589. The first-order valence-corrected chi connectivity index (χ1v) is 23.2. The third-order valence-corrected chi connectivity index (χ3v) is 14.0. The van der Waals surface area contributed by atoms with Crippen molar-refractivity contribution >= 4 is 79.4 Å². The summed E-state index contributed by atoms with van der Waals surface area (Å²) in [6.07, 6.45) is 1.91. The third-order valence-electron chi connectivity index (χ3n) is 14.0. The molecule has 4 heterocycles. The molecule has 7 aromatic carbocycles. The summed E-state index contributed by atoms with van der Waals surface area (Å²) in [6, 6.07) is 51.9. The Balaban J connectivity index is 1.25. The zero-order valence-corrected chi connectivity index (χ0v) is 39.6. The third kappa shape index (κ3) is 6.49. The van der Waals surface area contributed by atoms with Gasteiger partial charge in [-0.1, -0.05) is 153 Å². The molecule has 0 atom stereocenters. The second-order valence-electron chi connectivity index (χ2n) is 21.6. The van der Waals surface area contributed by atoms with E-state index < -0.39 is 0 Å². The van der Waals surface area contributed by atoms with Gasteiger partial charge in [0.25, 0.3) is 6.71 Å². The maximum Gasteiger partial charge on any atom is 0.297 e. The van der Waals surface area contributed by atoms with Crippen molar-refractivity contribution in [3.8, 4) is 22.3 Å². The molecular formula is C60H57BN2O2. The summed E-state index contributed by atoms with van der Waals surface area (Å²) >= 11 is 0. The van der Waals surface area contributed by atoms with E-state index >= 15 is 0 Å². The molecule has 5 heteroatoms. The highest BCUT2D eigenvalue weighted by molar-refractivity contribution is 7.00. The van der Waals surface area contributed by atoms with Gasteiger partial charge in [-0.3, -0.25) is 0 Å². The van der Waals surface area contributed by atoms with Gasteiger partial charge < -0.3 is 18.6 Å². The van der Waals surface area contributed by atoms with Crippen molar-refractivity contribution in [2.24, 2.45) is 0 Å². The van der Waals surface area contributed by atoms with Crippen LogP contribution in [0.25, 0.3) is 44.2 Å². The minimum Gasteiger partial charge on any atom is -0.468 e. The SMILES string of the molecule is Cc1cc(C(C)(C)C)cc(C)c1N1c2cccc3c2B(c2ccc(-c4coc5ccccc45)cc2N3c2ccc(C(C)(C)C)cc2-c2ccccc2)c2oc3ccc(C(C)(C)C)cc3c21. The van der Waals surface area contributed by atoms with Crippen molar-refractivity contribution in [1.29, 1.82) is 0 Å². The van der Waals surface area contributed by atoms with Gasteiger partial charge >= 0.3 is 0 Å². The Labute approximate surface area is 384 Å². The van der Waals surface area contributed by atoms with E-state index in [1.807, 2.05) is 18.4 Å². The summed E-state index contributed by atoms with van der Waals surface area (Å²) < 4.78 is 13.5. The van der Waals surface area contributed by atoms with Gasteiger partial charge in [0.15, 0.2) is 0 Å². The fourth-order valence-electron chi connectivity index (χ4n) is 10.5. The monoisotopic (exact) mass is 848 g/mol. The van der Waals surface area contributed by atoms with Crippen LogP contribution in [0.15, 0.2) is 155 Å². The lowest BCUT2D eigenvalue weighted by Crippen LogP contribution is -2.61. The average Bonchev–Trinajstić information content (AvgIpc) is 3.88. The molecule has 0 N–H and O–H groups in total. The summed E-state index contributed by atoms with van der Waals surface area (Å²) in [7, 11) is 0. The van der Waals surface area contributed by atoms with Crippen LogP contribution in [0.3, 0.4) is 0 Å². The fourth-order valence-corrected chi connectivity index (χ4v) is 10.5. The zero-order valence-electron chi connectivity index (χ0n) is 39.6. The lowest BCUT2D eigenvalue weighted by atomic mass is 9.35. The molecule has 9 aromatic rings. The first-order valence-electron chi connectivity index (χ1n) is 23.2. The molecule has 2 aliphatic rings. The van der Waals surface area contributed by atoms with Crippen LogP contribution in [0, 0.1) is 13.8 Å². The van der Waals surface area contributed by atoms with Crippen molar-refractivity contribution in [3.63, 3.8) is 0 Å². The fraction of sp³-hybridized carbons (Fsp3) is 0.233. The smallest absolute Gasteiger partial charge is 0.297 e. The molecule has 0 fully saturated rings. The Morgan fingerprint density at radius 1 is 0.446 bits per heavy atom. The van der Waals surface area contributed by atoms with E-state index in [-0.39, 0.29) is 23.0 Å². The summed E-state index contributed by atoms with van der Waals surface area (Å²) in [5.74, 6) is 0. The van der Waals surface area contributed by atoms with E-state index in [9.17, 15) is 0 Å². The summed E-state index contributed by atoms with van der Waals surface area (Å²) in [4.78, 5) is 5.09. The molecule has 2 aromatic heterocycles.